The molecule has 1 N–H and O–H groups in total. The van der Waals surface area contributed by atoms with E-state index in [4.69, 9.17) is 16.3 Å². The number of amides is 1. The monoisotopic (exact) mass is 368 g/mol. The van der Waals surface area contributed by atoms with E-state index in [0.717, 1.165) is 5.56 Å². The van der Waals surface area contributed by atoms with Gasteiger partial charge in [0.1, 0.15) is 17.4 Å². The zero-order valence-electron chi connectivity index (χ0n) is 13.8. The SMILES string of the molecule is CN(C(=O)OC1=CC=C(F)CC1)[C@@H]1CNC[C@H]1c1ccc(F)c(Cl)c1. The van der Waals surface area contributed by atoms with Gasteiger partial charge in [0.15, 0.2) is 0 Å². The van der Waals surface area contributed by atoms with Gasteiger partial charge in [0.25, 0.3) is 0 Å². The number of halogens is 3. The van der Waals surface area contributed by atoms with Crippen LogP contribution in [0.25, 0.3) is 0 Å². The molecule has 2 atom stereocenters. The zero-order valence-corrected chi connectivity index (χ0v) is 14.5. The van der Waals surface area contributed by atoms with Crippen molar-refractivity contribution in [1.29, 1.82) is 0 Å². The fourth-order valence-corrected chi connectivity index (χ4v) is 3.34. The van der Waals surface area contributed by atoms with Crippen LogP contribution < -0.4 is 5.32 Å². The minimum Gasteiger partial charge on any atom is -0.415 e. The molecule has 0 spiro atoms. The third-order valence-corrected chi connectivity index (χ3v) is 4.91. The van der Waals surface area contributed by atoms with Crippen molar-refractivity contribution in [2.24, 2.45) is 0 Å². The Morgan fingerprint density at radius 1 is 1.28 bits per heavy atom. The molecular weight excluding hydrogens is 350 g/mol. The van der Waals surface area contributed by atoms with Crippen LogP contribution in [-0.2, 0) is 4.74 Å². The van der Waals surface area contributed by atoms with Gasteiger partial charge in [-0.2, -0.15) is 0 Å². The highest BCUT2D eigenvalue weighted by Crippen LogP contribution is 2.30. The number of nitrogens with one attached hydrogen (secondary N) is 1. The molecule has 1 aromatic rings. The summed E-state index contributed by atoms with van der Waals surface area (Å²) in [6, 6.07) is 4.46. The summed E-state index contributed by atoms with van der Waals surface area (Å²) in [5.74, 6) is -0.259. The highest BCUT2D eigenvalue weighted by atomic mass is 35.5. The average Bonchev–Trinajstić information content (AvgIpc) is 3.08. The number of nitrogens with zero attached hydrogens (tertiary/aromatic N) is 1. The predicted octanol–water partition coefficient (Wildman–Crippen LogP) is 4.13. The number of ether oxygens (including phenoxy) is 1. The smallest absolute Gasteiger partial charge is 0.414 e. The van der Waals surface area contributed by atoms with E-state index in [1.807, 2.05) is 0 Å². The lowest BCUT2D eigenvalue weighted by atomic mass is 9.93. The van der Waals surface area contributed by atoms with Crippen molar-refractivity contribution in [3.05, 3.63) is 58.3 Å². The highest BCUT2D eigenvalue weighted by Gasteiger charge is 2.35. The van der Waals surface area contributed by atoms with Gasteiger partial charge in [-0.3, -0.25) is 0 Å². The first-order chi connectivity index (χ1) is 12.0. The molecule has 25 heavy (non-hydrogen) atoms. The van der Waals surface area contributed by atoms with Gasteiger partial charge in [-0.25, -0.2) is 13.6 Å². The second kappa shape index (κ2) is 7.54. The van der Waals surface area contributed by atoms with Crippen LogP contribution in [-0.4, -0.2) is 37.2 Å². The Morgan fingerprint density at radius 2 is 2.08 bits per heavy atom. The summed E-state index contributed by atoms with van der Waals surface area (Å²) >= 11 is 5.88. The second-order valence-corrected chi connectivity index (χ2v) is 6.64. The summed E-state index contributed by atoms with van der Waals surface area (Å²) in [5, 5.41) is 3.30. The minimum absolute atomic E-state index is 0.0201. The molecule has 1 amide bonds. The summed E-state index contributed by atoms with van der Waals surface area (Å²) < 4.78 is 31.8. The quantitative estimate of drug-likeness (QED) is 0.872. The molecule has 1 aliphatic heterocycles. The Morgan fingerprint density at radius 3 is 2.76 bits per heavy atom. The highest BCUT2D eigenvalue weighted by molar-refractivity contribution is 6.30. The van der Waals surface area contributed by atoms with Gasteiger partial charge < -0.3 is 15.0 Å². The van der Waals surface area contributed by atoms with E-state index in [1.165, 1.54) is 23.1 Å². The molecule has 1 fully saturated rings. The van der Waals surface area contributed by atoms with Crippen molar-refractivity contribution in [3.8, 4) is 0 Å². The zero-order chi connectivity index (χ0) is 18.0. The van der Waals surface area contributed by atoms with Crippen molar-refractivity contribution >= 4 is 17.7 Å². The largest absolute Gasteiger partial charge is 0.415 e. The van der Waals surface area contributed by atoms with Gasteiger partial charge in [0.2, 0.25) is 0 Å². The number of carbonyl (C=O) groups excluding carboxylic acids is 1. The van der Waals surface area contributed by atoms with Crippen molar-refractivity contribution in [2.45, 2.75) is 24.8 Å². The van der Waals surface area contributed by atoms with Crippen LogP contribution in [0.2, 0.25) is 5.02 Å². The van der Waals surface area contributed by atoms with E-state index < -0.39 is 11.9 Å². The molecule has 0 saturated carbocycles. The summed E-state index contributed by atoms with van der Waals surface area (Å²) in [4.78, 5) is 13.9. The number of carbonyl (C=O) groups is 1. The maximum absolute atomic E-state index is 13.4. The maximum atomic E-state index is 13.4. The van der Waals surface area contributed by atoms with Crippen LogP contribution in [0, 0.1) is 5.82 Å². The van der Waals surface area contributed by atoms with E-state index in [2.05, 4.69) is 5.32 Å². The Bertz CT molecular complexity index is 736. The van der Waals surface area contributed by atoms with Crippen LogP contribution >= 0.6 is 11.6 Å². The first kappa shape index (κ1) is 17.9. The van der Waals surface area contributed by atoms with Gasteiger partial charge in [-0.1, -0.05) is 17.7 Å². The van der Waals surface area contributed by atoms with Crippen LogP contribution in [0.3, 0.4) is 0 Å². The van der Waals surface area contributed by atoms with E-state index in [-0.39, 0.29) is 29.2 Å². The number of benzene rings is 1. The molecule has 1 heterocycles. The molecule has 1 saturated heterocycles. The molecule has 7 heteroatoms. The fraction of sp³-hybridized carbons (Fsp3) is 0.389. The Labute approximate surface area is 150 Å². The summed E-state index contributed by atoms with van der Waals surface area (Å²) in [6.45, 7) is 1.25. The maximum Gasteiger partial charge on any atom is 0.414 e. The van der Waals surface area contributed by atoms with Crippen molar-refractivity contribution in [3.63, 3.8) is 0 Å². The number of rotatable bonds is 3. The Kier molecular flexibility index (Phi) is 5.39. The van der Waals surface area contributed by atoms with Gasteiger partial charge in [-0.15, -0.1) is 0 Å². The normalized spacial score (nSPS) is 23.0. The molecule has 0 aromatic heterocycles. The number of hydrogen-bond donors (Lipinski definition) is 1. The molecule has 0 radical (unpaired) electrons. The van der Waals surface area contributed by atoms with Crippen LogP contribution in [0.5, 0.6) is 0 Å². The van der Waals surface area contributed by atoms with Crippen molar-refractivity contribution in [2.75, 3.05) is 20.1 Å². The minimum atomic E-state index is -0.492. The van der Waals surface area contributed by atoms with E-state index in [1.54, 1.807) is 19.2 Å². The first-order valence-corrected chi connectivity index (χ1v) is 8.49. The van der Waals surface area contributed by atoms with Crippen molar-refractivity contribution < 1.29 is 18.3 Å². The summed E-state index contributed by atoms with van der Waals surface area (Å²) in [6.07, 6.45) is 2.90. The van der Waals surface area contributed by atoms with Gasteiger partial charge in [-0.05, 0) is 29.8 Å². The van der Waals surface area contributed by atoms with Crippen LogP contribution in [0.15, 0.2) is 41.9 Å². The van der Waals surface area contributed by atoms with Gasteiger partial charge >= 0.3 is 6.09 Å². The first-order valence-electron chi connectivity index (χ1n) is 8.11. The molecular formula is C18H19ClF2N2O2. The van der Waals surface area contributed by atoms with Crippen LogP contribution in [0.4, 0.5) is 13.6 Å². The van der Waals surface area contributed by atoms with E-state index >= 15 is 0 Å². The third kappa shape index (κ3) is 4.02. The van der Waals surface area contributed by atoms with Gasteiger partial charge in [0.05, 0.1) is 11.1 Å². The molecule has 0 unspecified atom stereocenters. The lowest BCUT2D eigenvalue weighted by Crippen LogP contribution is -2.41. The molecule has 4 nitrogen and oxygen atoms in total. The summed E-state index contributed by atoms with van der Waals surface area (Å²) in [7, 11) is 1.66. The predicted molar refractivity (Wildman–Crippen MR) is 91.6 cm³/mol. The summed E-state index contributed by atoms with van der Waals surface area (Å²) in [5.41, 5.74) is 0.864. The van der Waals surface area contributed by atoms with Crippen molar-refractivity contribution in [1.82, 2.24) is 10.2 Å². The Balaban J connectivity index is 1.70. The third-order valence-electron chi connectivity index (χ3n) is 4.62. The number of likely N-dealkylation sites (N-methyl/N-ethyl adjacent to an activating group) is 1. The van der Waals surface area contributed by atoms with Gasteiger partial charge in [0, 0.05) is 38.9 Å². The fourth-order valence-electron chi connectivity index (χ4n) is 3.15. The molecule has 1 aliphatic carbocycles. The standard InChI is InChI=1S/C18H19ClF2N2O2/c1-23(18(24)25-13-5-3-12(20)4-6-13)17-10-22-9-14(17)11-2-7-16(21)15(19)8-11/h2-3,5,7-8,14,17,22H,4,6,9-10H2,1H3/t14-,17+/m0/s1. The lowest BCUT2D eigenvalue weighted by molar-refractivity contribution is 0.119. The number of hydrogen-bond acceptors (Lipinski definition) is 3. The molecule has 0 bridgehead atoms. The topological polar surface area (TPSA) is 41.6 Å². The van der Waals surface area contributed by atoms with E-state index in [9.17, 15) is 13.6 Å². The Hall–Kier alpha value is -1.92. The van der Waals surface area contributed by atoms with E-state index in [0.29, 0.717) is 25.3 Å². The second-order valence-electron chi connectivity index (χ2n) is 6.23. The lowest BCUT2D eigenvalue weighted by Gasteiger charge is -2.29. The molecule has 3 rings (SSSR count). The molecule has 1 aromatic carbocycles. The molecule has 134 valence electrons. The average molecular weight is 369 g/mol. The number of allylic oxidation sites excluding steroid dienone is 4. The molecule has 2 aliphatic rings. The van der Waals surface area contributed by atoms with Crippen LogP contribution in [0.1, 0.15) is 24.3 Å².